The maximum absolute atomic E-state index is 6.41. The fraction of sp³-hybridized carbons (Fsp3) is 0.407. The van der Waals surface area contributed by atoms with Gasteiger partial charge in [-0.1, -0.05) is 51.1 Å². The van der Waals surface area contributed by atoms with Crippen molar-refractivity contribution in [3.8, 4) is 5.75 Å². The molecule has 2 heteroatoms. The summed E-state index contributed by atoms with van der Waals surface area (Å²) < 4.78 is 6.41. The average Bonchev–Trinajstić information content (AvgIpc) is 2.99. The Kier molecular flexibility index (Phi) is 5.06. The number of ether oxygens (including phenoxy) is 1. The number of likely N-dealkylation sites (N-methyl/N-ethyl adjacent to an activating group) is 1. The molecule has 1 heterocycles. The van der Waals surface area contributed by atoms with Crippen molar-refractivity contribution in [1.29, 1.82) is 0 Å². The van der Waals surface area contributed by atoms with Crippen LogP contribution in [0.15, 0.2) is 71.6 Å². The lowest BCUT2D eigenvalue weighted by Crippen LogP contribution is -2.32. The number of rotatable bonds is 4. The minimum Gasteiger partial charge on any atom is -0.482 e. The Morgan fingerprint density at radius 1 is 1.28 bits per heavy atom. The van der Waals surface area contributed by atoms with E-state index in [4.69, 9.17) is 4.74 Å². The minimum absolute atomic E-state index is 0.265. The van der Waals surface area contributed by atoms with Crippen molar-refractivity contribution in [2.75, 3.05) is 7.05 Å². The van der Waals surface area contributed by atoms with Crippen LogP contribution >= 0.6 is 0 Å². The molecule has 0 amide bonds. The van der Waals surface area contributed by atoms with Crippen LogP contribution in [0.25, 0.3) is 5.57 Å². The van der Waals surface area contributed by atoms with Crippen LogP contribution in [0, 0.1) is 5.92 Å². The Bertz CT molecular complexity index is 972. The van der Waals surface area contributed by atoms with Gasteiger partial charge < -0.3 is 9.64 Å². The minimum atomic E-state index is -0.265. The molecular formula is C27H33NO. The quantitative estimate of drug-likeness (QED) is 0.552. The van der Waals surface area contributed by atoms with Crippen LogP contribution in [0.5, 0.6) is 5.75 Å². The van der Waals surface area contributed by atoms with Crippen molar-refractivity contribution < 1.29 is 4.74 Å². The lowest BCUT2D eigenvalue weighted by atomic mass is 9.83. The van der Waals surface area contributed by atoms with Gasteiger partial charge in [0.05, 0.1) is 0 Å². The first-order chi connectivity index (χ1) is 13.8. The van der Waals surface area contributed by atoms with E-state index in [-0.39, 0.29) is 5.60 Å². The molecule has 2 unspecified atom stereocenters. The average molecular weight is 388 g/mol. The molecule has 0 spiro atoms. The van der Waals surface area contributed by atoms with Gasteiger partial charge in [-0.15, -0.1) is 0 Å². The third-order valence-corrected chi connectivity index (χ3v) is 6.55. The van der Waals surface area contributed by atoms with Crippen LogP contribution < -0.4 is 4.74 Å². The van der Waals surface area contributed by atoms with Gasteiger partial charge in [-0.3, -0.25) is 0 Å². The van der Waals surface area contributed by atoms with Crippen molar-refractivity contribution in [3.63, 3.8) is 0 Å². The Hall–Kier alpha value is -2.48. The fourth-order valence-electron chi connectivity index (χ4n) is 4.64. The molecule has 0 bridgehead atoms. The molecule has 0 saturated heterocycles. The monoisotopic (exact) mass is 387 g/mol. The largest absolute Gasteiger partial charge is 0.482 e. The van der Waals surface area contributed by atoms with E-state index in [2.05, 4.69) is 101 Å². The summed E-state index contributed by atoms with van der Waals surface area (Å²) in [4.78, 5) is 2.35. The van der Waals surface area contributed by atoms with Crippen LogP contribution in [0.2, 0.25) is 0 Å². The molecule has 4 rings (SSSR count). The highest BCUT2D eigenvalue weighted by Gasteiger charge is 2.41. The van der Waals surface area contributed by atoms with E-state index in [9.17, 15) is 0 Å². The molecule has 3 aliphatic rings. The van der Waals surface area contributed by atoms with E-state index < -0.39 is 0 Å². The molecule has 1 aromatic rings. The molecule has 2 atom stereocenters. The van der Waals surface area contributed by atoms with Crippen molar-refractivity contribution >= 4 is 5.57 Å². The topological polar surface area (TPSA) is 12.5 Å². The number of allylic oxidation sites excluding steroid dienone is 6. The smallest absolute Gasteiger partial charge is 0.135 e. The van der Waals surface area contributed by atoms with Gasteiger partial charge in [-0.25, -0.2) is 0 Å². The highest BCUT2D eigenvalue weighted by molar-refractivity contribution is 5.83. The van der Waals surface area contributed by atoms with Gasteiger partial charge in [-0.2, -0.15) is 0 Å². The standard InChI is InChI=1S/C27H33NO/c1-7-9-22-19(4)10-8-11-25(22)28(6)21-14-15-27(5)24(17-21)23-16-20(18(2)3)12-13-26(23)29-27/h7-9,11-14,16-19H,10,15H2,1-6H3/b9-7+. The molecule has 1 aliphatic heterocycles. The van der Waals surface area contributed by atoms with Crippen LogP contribution in [-0.4, -0.2) is 17.5 Å². The highest BCUT2D eigenvalue weighted by Crippen LogP contribution is 2.49. The molecule has 0 saturated carbocycles. The summed E-state index contributed by atoms with van der Waals surface area (Å²) in [5.74, 6) is 2.07. The predicted octanol–water partition coefficient (Wildman–Crippen LogP) is 6.99. The SMILES string of the molecule is C/C=C/C1=C(N(C)C2=CCC3(C)Oc4ccc(C(C)C)cc4C3=C2)C=CCC1C. The second kappa shape index (κ2) is 7.40. The van der Waals surface area contributed by atoms with Gasteiger partial charge in [0.15, 0.2) is 0 Å². The van der Waals surface area contributed by atoms with E-state index >= 15 is 0 Å². The summed E-state index contributed by atoms with van der Waals surface area (Å²) in [6.45, 7) is 11.1. The molecule has 0 N–H and O–H groups in total. The summed E-state index contributed by atoms with van der Waals surface area (Å²) in [6, 6.07) is 6.68. The van der Waals surface area contributed by atoms with Gasteiger partial charge >= 0.3 is 0 Å². The lowest BCUT2D eigenvalue weighted by Gasteiger charge is -2.34. The zero-order valence-electron chi connectivity index (χ0n) is 18.6. The van der Waals surface area contributed by atoms with Gasteiger partial charge in [0.2, 0.25) is 0 Å². The number of hydrogen-bond acceptors (Lipinski definition) is 2. The first-order valence-electron chi connectivity index (χ1n) is 10.9. The van der Waals surface area contributed by atoms with E-state index in [0.717, 1.165) is 18.6 Å². The molecule has 2 nitrogen and oxygen atoms in total. The highest BCUT2D eigenvalue weighted by atomic mass is 16.5. The Morgan fingerprint density at radius 2 is 2.07 bits per heavy atom. The van der Waals surface area contributed by atoms with Crippen molar-refractivity contribution in [2.24, 2.45) is 5.92 Å². The first kappa shape index (κ1) is 19.8. The summed E-state index contributed by atoms with van der Waals surface area (Å²) in [6.07, 6.45) is 15.6. The third-order valence-electron chi connectivity index (χ3n) is 6.55. The van der Waals surface area contributed by atoms with E-state index in [1.165, 1.54) is 33.7 Å². The molecule has 0 fully saturated rings. The normalized spacial score (nSPS) is 25.7. The molecule has 152 valence electrons. The van der Waals surface area contributed by atoms with Crippen molar-refractivity contribution in [3.05, 3.63) is 82.7 Å². The summed E-state index contributed by atoms with van der Waals surface area (Å²) in [5.41, 5.74) is 7.62. The maximum atomic E-state index is 6.41. The number of hydrogen-bond donors (Lipinski definition) is 0. The number of benzene rings is 1. The third kappa shape index (κ3) is 3.39. The van der Waals surface area contributed by atoms with E-state index in [1.54, 1.807) is 0 Å². The molecule has 1 aromatic carbocycles. The second-order valence-electron chi connectivity index (χ2n) is 9.07. The van der Waals surface area contributed by atoms with E-state index in [1.807, 2.05) is 0 Å². The lowest BCUT2D eigenvalue weighted by molar-refractivity contribution is 0.168. The van der Waals surface area contributed by atoms with Crippen LogP contribution in [0.4, 0.5) is 0 Å². The predicted molar refractivity (Wildman–Crippen MR) is 123 cm³/mol. The molecular weight excluding hydrogens is 354 g/mol. The Morgan fingerprint density at radius 3 is 2.79 bits per heavy atom. The zero-order chi connectivity index (χ0) is 20.8. The number of nitrogens with zero attached hydrogens (tertiary/aromatic N) is 1. The zero-order valence-corrected chi connectivity index (χ0v) is 18.6. The molecule has 0 aromatic heterocycles. The number of fused-ring (bicyclic) bond motifs is 3. The summed E-state index contributed by atoms with van der Waals surface area (Å²) in [7, 11) is 2.19. The molecule has 29 heavy (non-hydrogen) atoms. The van der Waals surface area contributed by atoms with Crippen molar-refractivity contribution in [1.82, 2.24) is 4.90 Å². The van der Waals surface area contributed by atoms with Crippen molar-refractivity contribution in [2.45, 2.75) is 59.0 Å². The van der Waals surface area contributed by atoms with Crippen LogP contribution in [0.3, 0.4) is 0 Å². The van der Waals surface area contributed by atoms with Gasteiger partial charge in [0.1, 0.15) is 11.4 Å². The molecule has 2 aliphatic carbocycles. The fourth-order valence-corrected chi connectivity index (χ4v) is 4.64. The Balaban J connectivity index is 1.75. The summed E-state index contributed by atoms with van der Waals surface area (Å²) in [5, 5.41) is 0. The van der Waals surface area contributed by atoms with Gasteiger partial charge in [0.25, 0.3) is 0 Å². The van der Waals surface area contributed by atoms with E-state index in [0.29, 0.717) is 11.8 Å². The van der Waals surface area contributed by atoms with Gasteiger partial charge in [-0.05, 0) is 67.5 Å². The van der Waals surface area contributed by atoms with Gasteiger partial charge in [0, 0.05) is 36.0 Å². The summed E-state index contributed by atoms with van der Waals surface area (Å²) >= 11 is 0. The van der Waals surface area contributed by atoms with Crippen LogP contribution in [-0.2, 0) is 0 Å². The maximum Gasteiger partial charge on any atom is 0.135 e. The second-order valence-corrected chi connectivity index (χ2v) is 9.07. The Labute approximate surface area is 176 Å². The van der Waals surface area contributed by atoms with Crippen LogP contribution in [0.1, 0.15) is 64.5 Å². The molecule has 0 radical (unpaired) electrons. The first-order valence-corrected chi connectivity index (χ1v) is 10.9.